The topological polar surface area (TPSA) is 95.9 Å². The van der Waals surface area contributed by atoms with Gasteiger partial charge in [0, 0.05) is 10.8 Å². The van der Waals surface area contributed by atoms with Gasteiger partial charge in [-0.2, -0.15) is 0 Å². The lowest BCUT2D eigenvalue weighted by molar-refractivity contribution is -0.155. The van der Waals surface area contributed by atoms with Crippen molar-refractivity contribution in [2.24, 2.45) is 11.8 Å². The van der Waals surface area contributed by atoms with E-state index in [-0.39, 0.29) is 37.0 Å². The zero-order chi connectivity index (χ0) is 24.7. The molecule has 3 heterocycles. The summed E-state index contributed by atoms with van der Waals surface area (Å²) in [5.74, 6) is -2.06. The number of carbonyl (C=O) groups excluding carboxylic acids is 3. The Bertz CT molecular complexity index is 942. The lowest BCUT2D eigenvalue weighted by Gasteiger charge is -2.37. The molecular formula is C26H36N2O5S. The second kappa shape index (κ2) is 9.53. The molecule has 3 saturated heterocycles. The molecule has 3 fully saturated rings. The molecule has 7 nitrogen and oxygen atoms in total. The fraction of sp³-hybridized carbons (Fsp3) is 0.654. The number of likely N-dealkylation sites (tertiary alicyclic amines) is 1. The second-order valence-corrected chi connectivity index (χ2v) is 11.9. The van der Waals surface area contributed by atoms with Crippen LogP contribution in [0.2, 0.25) is 0 Å². The first-order chi connectivity index (χ1) is 16.2. The van der Waals surface area contributed by atoms with Gasteiger partial charge in [0.05, 0.1) is 35.8 Å². The maximum atomic E-state index is 14.1. The third-order valence-corrected chi connectivity index (χ3v) is 9.79. The first kappa shape index (κ1) is 25.0. The van der Waals surface area contributed by atoms with E-state index in [2.05, 4.69) is 12.2 Å². The number of carbonyl (C=O) groups is 3. The Hall–Kier alpha value is -2.06. The van der Waals surface area contributed by atoms with E-state index in [4.69, 9.17) is 4.74 Å². The van der Waals surface area contributed by atoms with Crippen LogP contribution in [-0.4, -0.2) is 62.6 Å². The molecule has 1 aromatic rings. The number of amides is 2. The molecule has 2 N–H and O–H groups in total. The molecule has 3 aliphatic heterocycles. The third-order valence-electron chi connectivity index (χ3n) is 7.81. The minimum atomic E-state index is -0.770. The zero-order valence-electron chi connectivity index (χ0n) is 20.5. The van der Waals surface area contributed by atoms with Gasteiger partial charge in [-0.3, -0.25) is 14.4 Å². The number of ether oxygens (including phenoxy) is 1. The molecule has 0 aromatic heterocycles. The number of fused-ring (bicyclic) bond motifs is 1. The van der Waals surface area contributed by atoms with E-state index in [0.717, 1.165) is 24.8 Å². The number of nitrogens with zero attached hydrogens (tertiary/aromatic N) is 1. The van der Waals surface area contributed by atoms with Crippen LogP contribution in [0.1, 0.15) is 65.0 Å². The van der Waals surface area contributed by atoms with Gasteiger partial charge in [-0.1, -0.05) is 43.7 Å². The van der Waals surface area contributed by atoms with E-state index in [9.17, 15) is 19.5 Å². The van der Waals surface area contributed by atoms with Crippen LogP contribution in [0.25, 0.3) is 0 Å². The van der Waals surface area contributed by atoms with Crippen LogP contribution in [0.3, 0.4) is 0 Å². The highest BCUT2D eigenvalue weighted by Crippen LogP contribution is 2.72. The molecule has 34 heavy (non-hydrogen) atoms. The van der Waals surface area contributed by atoms with Gasteiger partial charge in [0.2, 0.25) is 11.8 Å². The number of thioether (sulfide) groups is 1. The molecule has 7 atom stereocenters. The van der Waals surface area contributed by atoms with Crippen molar-refractivity contribution >= 4 is 29.5 Å². The molecule has 186 valence electrons. The number of aliphatic hydroxyl groups excluding tert-OH is 1. The molecule has 0 saturated carbocycles. The van der Waals surface area contributed by atoms with E-state index in [0.29, 0.717) is 6.42 Å². The number of rotatable bonds is 9. The first-order valence-corrected chi connectivity index (χ1v) is 13.2. The van der Waals surface area contributed by atoms with Crippen LogP contribution in [0.15, 0.2) is 30.3 Å². The van der Waals surface area contributed by atoms with Gasteiger partial charge >= 0.3 is 5.97 Å². The van der Waals surface area contributed by atoms with Crippen molar-refractivity contribution in [3.8, 4) is 0 Å². The van der Waals surface area contributed by atoms with Gasteiger partial charge in [0.1, 0.15) is 6.04 Å². The van der Waals surface area contributed by atoms with Gasteiger partial charge in [-0.15, -0.1) is 11.8 Å². The smallest absolute Gasteiger partial charge is 0.311 e. The number of aliphatic hydroxyl groups is 1. The molecule has 2 amide bonds. The summed E-state index contributed by atoms with van der Waals surface area (Å²) in [6.07, 6.45) is 3.18. The number of esters is 1. The highest BCUT2D eigenvalue weighted by molar-refractivity contribution is 8.02. The summed E-state index contributed by atoms with van der Waals surface area (Å²) >= 11 is 1.62. The molecule has 8 heteroatoms. The van der Waals surface area contributed by atoms with E-state index in [1.165, 1.54) is 0 Å². The van der Waals surface area contributed by atoms with Crippen LogP contribution in [0.5, 0.6) is 0 Å². The van der Waals surface area contributed by atoms with Crippen molar-refractivity contribution in [3.63, 3.8) is 0 Å². The number of nitrogens with one attached hydrogen (secondary N) is 1. The molecule has 4 rings (SSSR count). The maximum absolute atomic E-state index is 14.1. The summed E-state index contributed by atoms with van der Waals surface area (Å²) < 4.78 is 4.25. The Morgan fingerprint density at radius 3 is 2.59 bits per heavy atom. The fourth-order valence-corrected chi connectivity index (χ4v) is 8.78. The van der Waals surface area contributed by atoms with Crippen LogP contribution < -0.4 is 5.32 Å². The molecule has 0 aliphatic carbocycles. The highest BCUT2D eigenvalue weighted by atomic mass is 32.2. The SMILES string of the molecule is CCCC(C)NC(=O)C1N([C@H](CO)c2ccccc2)C(=O)[C@@H]2[C@@H](C(=O)OCC)[C@@]3(C)CCC12S3. The highest BCUT2D eigenvalue weighted by Gasteiger charge is 2.78. The third kappa shape index (κ3) is 3.83. The summed E-state index contributed by atoms with van der Waals surface area (Å²) in [6, 6.07) is 7.86. The Kier molecular flexibility index (Phi) is 7.02. The monoisotopic (exact) mass is 488 g/mol. The summed E-state index contributed by atoms with van der Waals surface area (Å²) in [4.78, 5) is 42.7. The second-order valence-electron chi connectivity index (χ2n) is 10.0. The lowest BCUT2D eigenvalue weighted by Crippen LogP contribution is -2.55. The average Bonchev–Trinajstić information content (AvgIpc) is 3.36. The average molecular weight is 489 g/mol. The van der Waals surface area contributed by atoms with Crippen molar-refractivity contribution in [2.45, 2.75) is 81.0 Å². The standard InChI is InChI=1S/C26H36N2O5S/c1-5-10-16(3)27-22(30)21-26-14-13-25(4,34-26)20(24(32)33-6-2)19(26)23(31)28(21)18(15-29)17-11-8-7-9-12-17/h7-9,11-12,16,18-21,29H,5-6,10,13-15H2,1-4H3,(H,27,30)/t16?,18-,19+,20+,21?,25-,26?/m1/s1. The number of benzene rings is 1. The quantitative estimate of drug-likeness (QED) is 0.519. The summed E-state index contributed by atoms with van der Waals surface area (Å²) in [6.45, 7) is 7.77. The van der Waals surface area contributed by atoms with Crippen LogP contribution in [-0.2, 0) is 19.1 Å². The number of hydrogen-bond acceptors (Lipinski definition) is 6. The van der Waals surface area contributed by atoms with E-state index in [1.54, 1.807) is 23.6 Å². The van der Waals surface area contributed by atoms with Crippen LogP contribution in [0, 0.1) is 11.8 Å². The van der Waals surface area contributed by atoms with Gasteiger partial charge < -0.3 is 20.1 Å². The van der Waals surface area contributed by atoms with Gasteiger partial charge in [-0.25, -0.2) is 0 Å². The van der Waals surface area contributed by atoms with Gasteiger partial charge in [0.25, 0.3) is 0 Å². The zero-order valence-corrected chi connectivity index (χ0v) is 21.3. The largest absolute Gasteiger partial charge is 0.466 e. The predicted octanol–water partition coefficient (Wildman–Crippen LogP) is 3.07. The summed E-state index contributed by atoms with van der Waals surface area (Å²) in [5, 5.41) is 13.6. The molecule has 3 aliphatic rings. The first-order valence-electron chi connectivity index (χ1n) is 12.4. The Morgan fingerprint density at radius 2 is 1.97 bits per heavy atom. The van der Waals surface area contributed by atoms with Crippen molar-refractivity contribution in [1.29, 1.82) is 0 Å². The molecule has 1 aromatic carbocycles. The number of hydrogen-bond donors (Lipinski definition) is 2. The normalized spacial score (nSPS) is 33.5. The van der Waals surface area contributed by atoms with Crippen molar-refractivity contribution < 1.29 is 24.2 Å². The minimum Gasteiger partial charge on any atom is -0.466 e. The lowest BCUT2D eigenvalue weighted by atomic mass is 9.66. The fourth-order valence-electron chi connectivity index (χ4n) is 6.45. The van der Waals surface area contributed by atoms with E-state index in [1.807, 2.05) is 44.2 Å². The Balaban J connectivity index is 1.80. The van der Waals surface area contributed by atoms with Gasteiger partial charge in [-0.05, 0) is 45.6 Å². The van der Waals surface area contributed by atoms with Gasteiger partial charge in [0.15, 0.2) is 0 Å². The summed E-state index contributed by atoms with van der Waals surface area (Å²) in [7, 11) is 0. The summed E-state index contributed by atoms with van der Waals surface area (Å²) in [5.41, 5.74) is 0.771. The molecule has 2 bridgehead atoms. The molecular weight excluding hydrogens is 452 g/mol. The Morgan fingerprint density at radius 1 is 1.26 bits per heavy atom. The van der Waals surface area contributed by atoms with E-state index >= 15 is 0 Å². The van der Waals surface area contributed by atoms with E-state index < -0.39 is 33.4 Å². The Labute approximate surface area is 206 Å². The van der Waals surface area contributed by atoms with Crippen LogP contribution >= 0.6 is 11.8 Å². The molecule has 1 spiro atoms. The van der Waals surface area contributed by atoms with Crippen molar-refractivity contribution in [3.05, 3.63) is 35.9 Å². The molecule has 0 radical (unpaired) electrons. The van der Waals surface area contributed by atoms with Crippen molar-refractivity contribution in [1.82, 2.24) is 10.2 Å². The molecule has 3 unspecified atom stereocenters. The van der Waals surface area contributed by atoms with Crippen LogP contribution in [0.4, 0.5) is 0 Å². The minimum absolute atomic E-state index is 0.0331. The van der Waals surface area contributed by atoms with Crippen molar-refractivity contribution in [2.75, 3.05) is 13.2 Å². The predicted molar refractivity (Wildman–Crippen MR) is 131 cm³/mol. The maximum Gasteiger partial charge on any atom is 0.311 e.